The maximum absolute atomic E-state index is 12.3. The average molecular weight is 348 g/mol. The number of fused-ring (bicyclic) bond motifs is 1. The summed E-state index contributed by atoms with van der Waals surface area (Å²) in [4.78, 5) is 12.3. The van der Waals surface area contributed by atoms with Crippen molar-refractivity contribution in [3.8, 4) is 5.75 Å². The molecule has 0 unspecified atom stereocenters. The molecule has 0 bridgehead atoms. The van der Waals surface area contributed by atoms with Crippen LogP contribution in [0.1, 0.15) is 10.4 Å². The van der Waals surface area contributed by atoms with Gasteiger partial charge in [-0.25, -0.2) is 0 Å². The molecule has 0 heterocycles. The van der Waals surface area contributed by atoms with Gasteiger partial charge < -0.3 is 10.1 Å². The first-order chi connectivity index (χ1) is 11.5. The highest BCUT2D eigenvalue weighted by atomic mass is 35.5. The third-order valence-electron chi connectivity index (χ3n) is 3.42. The van der Waals surface area contributed by atoms with Crippen LogP contribution in [0, 0.1) is 0 Å². The molecule has 0 aromatic heterocycles. The summed E-state index contributed by atoms with van der Waals surface area (Å²) < 4.78 is 28.7. The Kier molecular flexibility index (Phi) is 4.62. The van der Waals surface area contributed by atoms with E-state index in [2.05, 4.69) is 10.1 Å². The molecule has 24 heavy (non-hydrogen) atoms. The van der Waals surface area contributed by atoms with Gasteiger partial charge in [0.1, 0.15) is 5.75 Å². The zero-order valence-electron chi connectivity index (χ0n) is 12.3. The number of amides is 1. The minimum atomic E-state index is -2.96. The summed E-state index contributed by atoms with van der Waals surface area (Å²) in [5.74, 6) is -0.463. The van der Waals surface area contributed by atoms with Crippen LogP contribution in [0.2, 0.25) is 5.02 Å². The van der Waals surface area contributed by atoms with Crippen molar-refractivity contribution >= 4 is 34.0 Å². The van der Waals surface area contributed by atoms with Crippen molar-refractivity contribution in [3.05, 3.63) is 71.2 Å². The fraction of sp³-hybridized carbons (Fsp3) is 0.0556. The van der Waals surface area contributed by atoms with E-state index in [1.807, 2.05) is 30.3 Å². The van der Waals surface area contributed by atoms with E-state index in [0.717, 1.165) is 10.8 Å². The highest BCUT2D eigenvalue weighted by Crippen LogP contribution is 2.29. The summed E-state index contributed by atoms with van der Waals surface area (Å²) in [6, 6.07) is 17.1. The van der Waals surface area contributed by atoms with Crippen molar-refractivity contribution in [2.75, 3.05) is 5.32 Å². The Bertz CT molecular complexity index is 899. The molecule has 0 fully saturated rings. The monoisotopic (exact) mass is 347 g/mol. The molecular weight excluding hydrogens is 336 g/mol. The summed E-state index contributed by atoms with van der Waals surface area (Å²) >= 11 is 5.87. The highest BCUT2D eigenvalue weighted by Gasteiger charge is 2.11. The van der Waals surface area contributed by atoms with Crippen LogP contribution >= 0.6 is 11.6 Å². The van der Waals surface area contributed by atoms with Crippen LogP contribution in [0.25, 0.3) is 10.8 Å². The van der Waals surface area contributed by atoms with E-state index in [4.69, 9.17) is 11.6 Å². The second-order valence-electron chi connectivity index (χ2n) is 5.04. The molecule has 3 aromatic rings. The number of hydrogen-bond acceptors (Lipinski definition) is 2. The molecule has 0 radical (unpaired) electrons. The van der Waals surface area contributed by atoms with E-state index < -0.39 is 6.61 Å². The molecule has 1 amide bonds. The van der Waals surface area contributed by atoms with E-state index in [-0.39, 0.29) is 16.7 Å². The minimum Gasteiger partial charge on any atom is -0.433 e. The smallest absolute Gasteiger partial charge is 0.387 e. The van der Waals surface area contributed by atoms with E-state index in [0.29, 0.717) is 11.3 Å². The quantitative estimate of drug-likeness (QED) is 0.691. The molecule has 3 aromatic carbocycles. The molecule has 122 valence electrons. The molecule has 0 saturated carbocycles. The third-order valence-corrected chi connectivity index (χ3v) is 3.71. The zero-order valence-corrected chi connectivity index (χ0v) is 13.1. The van der Waals surface area contributed by atoms with Crippen LogP contribution in [0.3, 0.4) is 0 Å². The number of carbonyl (C=O) groups excluding carboxylic acids is 1. The average Bonchev–Trinajstić information content (AvgIpc) is 2.56. The molecule has 1 N–H and O–H groups in total. The topological polar surface area (TPSA) is 38.3 Å². The first-order valence-corrected chi connectivity index (χ1v) is 7.45. The molecule has 0 aliphatic carbocycles. The van der Waals surface area contributed by atoms with Crippen LogP contribution < -0.4 is 10.1 Å². The fourth-order valence-corrected chi connectivity index (χ4v) is 2.53. The van der Waals surface area contributed by atoms with Crippen molar-refractivity contribution in [1.29, 1.82) is 0 Å². The molecule has 0 aliphatic rings. The number of nitrogens with one attached hydrogen (secondary N) is 1. The van der Waals surface area contributed by atoms with Crippen molar-refractivity contribution in [3.63, 3.8) is 0 Å². The molecule has 6 heteroatoms. The third kappa shape index (κ3) is 3.63. The first kappa shape index (κ1) is 16.2. The SMILES string of the molecule is O=C(Nc1ccc(OC(F)F)c(Cl)c1)c1ccc2ccccc2c1. The van der Waals surface area contributed by atoms with Gasteiger partial charge in [0.2, 0.25) is 0 Å². The number of hydrogen-bond donors (Lipinski definition) is 1. The zero-order chi connectivity index (χ0) is 17.1. The predicted molar refractivity (Wildman–Crippen MR) is 90.0 cm³/mol. The standard InChI is InChI=1S/C18H12ClF2NO2/c19-15-10-14(7-8-16(15)24-18(20)21)22-17(23)13-6-5-11-3-1-2-4-12(11)9-13/h1-10,18H,(H,22,23). The van der Waals surface area contributed by atoms with E-state index in [1.54, 1.807) is 12.1 Å². The summed E-state index contributed by atoms with van der Waals surface area (Å²) in [5, 5.41) is 4.65. The molecular formula is C18H12ClF2NO2. The molecule has 0 saturated heterocycles. The largest absolute Gasteiger partial charge is 0.433 e. The molecule has 0 spiro atoms. The summed E-state index contributed by atoms with van der Waals surface area (Å²) in [6.45, 7) is -2.96. The van der Waals surface area contributed by atoms with Crippen LogP contribution in [0.15, 0.2) is 60.7 Å². The van der Waals surface area contributed by atoms with Gasteiger partial charge in [-0.3, -0.25) is 4.79 Å². The number of rotatable bonds is 4. The van der Waals surface area contributed by atoms with Gasteiger partial charge in [0.15, 0.2) is 0 Å². The number of carbonyl (C=O) groups is 1. The molecule has 3 nitrogen and oxygen atoms in total. The highest BCUT2D eigenvalue weighted by molar-refractivity contribution is 6.32. The lowest BCUT2D eigenvalue weighted by atomic mass is 10.1. The van der Waals surface area contributed by atoms with Gasteiger partial charge in [-0.15, -0.1) is 0 Å². The second-order valence-corrected chi connectivity index (χ2v) is 5.45. The van der Waals surface area contributed by atoms with Crippen LogP contribution in [-0.2, 0) is 0 Å². The Morgan fingerprint density at radius 1 is 1.00 bits per heavy atom. The lowest BCUT2D eigenvalue weighted by Crippen LogP contribution is -2.12. The lowest BCUT2D eigenvalue weighted by Gasteiger charge is -2.10. The second kappa shape index (κ2) is 6.84. The van der Waals surface area contributed by atoms with Crippen molar-refractivity contribution in [2.24, 2.45) is 0 Å². The minimum absolute atomic E-state index is 0.00777. The number of anilines is 1. The number of ether oxygens (including phenoxy) is 1. The Morgan fingerprint density at radius 2 is 1.75 bits per heavy atom. The van der Waals surface area contributed by atoms with Crippen LogP contribution in [-0.4, -0.2) is 12.5 Å². The van der Waals surface area contributed by atoms with Gasteiger partial charge in [0.05, 0.1) is 5.02 Å². The molecule has 0 aliphatic heterocycles. The Hall–Kier alpha value is -2.66. The van der Waals surface area contributed by atoms with Crippen LogP contribution in [0.4, 0.5) is 14.5 Å². The first-order valence-electron chi connectivity index (χ1n) is 7.07. The Balaban J connectivity index is 1.79. The maximum atomic E-state index is 12.3. The fourth-order valence-electron chi connectivity index (χ4n) is 2.30. The molecule has 0 atom stereocenters. The molecule has 3 rings (SSSR count). The van der Waals surface area contributed by atoms with Gasteiger partial charge >= 0.3 is 6.61 Å². The van der Waals surface area contributed by atoms with Crippen LogP contribution in [0.5, 0.6) is 5.75 Å². The van der Waals surface area contributed by atoms with Gasteiger partial charge in [0.25, 0.3) is 5.91 Å². The number of halogens is 3. The van der Waals surface area contributed by atoms with E-state index in [9.17, 15) is 13.6 Å². The predicted octanol–water partition coefficient (Wildman–Crippen LogP) is 5.35. The number of alkyl halides is 2. The summed E-state index contributed by atoms with van der Waals surface area (Å²) in [6.07, 6.45) is 0. The Labute approximate surface area is 141 Å². The van der Waals surface area contributed by atoms with Gasteiger partial charge in [-0.1, -0.05) is 41.9 Å². The maximum Gasteiger partial charge on any atom is 0.387 e. The summed E-state index contributed by atoms with van der Waals surface area (Å²) in [5.41, 5.74) is 0.873. The van der Waals surface area contributed by atoms with E-state index >= 15 is 0 Å². The van der Waals surface area contributed by atoms with Crippen molar-refractivity contribution < 1.29 is 18.3 Å². The van der Waals surface area contributed by atoms with Crippen molar-refractivity contribution in [2.45, 2.75) is 6.61 Å². The van der Waals surface area contributed by atoms with Gasteiger partial charge in [0, 0.05) is 11.3 Å². The van der Waals surface area contributed by atoms with Gasteiger partial charge in [-0.2, -0.15) is 8.78 Å². The Morgan fingerprint density at radius 3 is 2.46 bits per heavy atom. The number of benzene rings is 3. The summed E-state index contributed by atoms with van der Waals surface area (Å²) in [7, 11) is 0. The lowest BCUT2D eigenvalue weighted by molar-refractivity contribution is -0.0497. The van der Waals surface area contributed by atoms with Crippen molar-refractivity contribution in [1.82, 2.24) is 0 Å². The van der Waals surface area contributed by atoms with Gasteiger partial charge in [-0.05, 0) is 41.1 Å². The normalized spacial score (nSPS) is 10.8. The van der Waals surface area contributed by atoms with E-state index in [1.165, 1.54) is 18.2 Å².